The standard InChI is InChI=1S/C10H6BrClN4S/c1-5-2-6(17-9(5)11)10-15-14-8-4-13-3-7(12)16(8)10/h2-4H,1H3. The van der Waals surface area contributed by atoms with Crippen molar-refractivity contribution in [1.29, 1.82) is 0 Å². The van der Waals surface area contributed by atoms with E-state index in [-0.39, 0.29) is 0 Å². The maximum absolute atomic E-state index is 6.11. The topological polar surface area (TPSA) is 43.1 Å². The zero-order chi connectivity index (χ0) is 12.0. The van der Waals surface area contributed by atoms with Crippen molar-refractivity contribution in [3.8, 4) is 10.7 Å². The molecule has 0 N–H and O–H groups in total. The monoisotopic (exact) mass is 328 g/mol. The van der Waals surface area contributed by atoms with Gasteiger partial charge in [0, 0.05) is 0 Å². The highest BCUT2D eigenvalue weighted by Crippen LogP contribution is 2.34. The predicted octanol–water partition coefficient (Wildman–Crippen LogP) is 3.58. The lowest BCUT2D eigenvalue weighted by molar-refractivity contribution is 1.12. The summed E-state index contributed by atoms with van der Waals surface area (Å²) in [4.78, 5) is 5.00. The Hall–Kier alpha value is -0.980. The summed E-state index contributed by atoms with van der Waals surface area (Å²) in [5.41, 5.74) is 1.82. The highest BCUT2D eigenvalue weighted by Gasteiger charge is 2.14. The summed E-state index contributed by atoms with van der Waals surface area (Å²) in [5, 5.41) is 8.72. The number of aromatic nitrogens is 4. The molecule has 0 amide bonds. The van der Waals surface area contributed by atoms with Crippen LogP contribution < -0.4 is 0 Å². The first kappa shape index (κ1) is 11.1. The highest BCUT2D eigenvalue weighted by molar-refractivity contribution is 9.11. The van der Waals surface area contributed by atoms with E-state index in [0.29, 0.717) is 10.8 Å². The van der Waals surface area contributed by atoms with E-state index in [0.717, 1.165) is 14.5 Å². The number of fused-ring (bicyclic) bond motifs is 1. The van der Waals surface area contributed by atoms with Crippen LogP contribution in [0.2, 0.25) is 5.15 Å². The zero-order valence-electron chi connectivity index (χ0n) is 8.69. The lowest BCUT2D eigenvalue weighted by atomic mass is 10.3. The summed E-state index contributed by atoms with van der Waals surface area (Å²) >= 11 is 11.2. The Balaban J connectivity index is 2.31. The second kappa shape index (κ2) is 4.04. The van der Waals surface area contributed by atoms with Gasteiger partial charge < -0.3 is 0 Å². The van der Waals surface area contributed by atoms with Gasteiger partial charge in [0.15, 0.2) is 11.5 Å². The number of hydrogen-bond donors (Lipinski definition) is 0. The van der Waals surface area contributed by atoms with E-state index < -0.39 is 0 Å². The molecular formula is C10H6BrClN4S. The lowest BCUT2D eigenvalue weighted by Gasteiger charge is -1.98. The summed E-state index contributed by atoms with van der Waals surface area (Å²) < 4.78 is 2.88. The first-order chi connectivity index (χ1) is 8.16. The molecule has 4 nitrogen and oxygen atoms in total. The van der Waals surface area contributed by atoms with Gasteiger partial charge in [-0.2, -0.15) is 0 Å². The van der Waals surface area contributed by atoms with E-state index in [1.165, 1.54) is 5.56 Å². The smallest absolute Gasteiger partial charge is 0.180 e. The molecule has 3 heterocycles. The molecule has 0 bridgehead atoms. The molecule has 0 spiro atoms. The predicted molar refractivity (Wildman–Crippen MR) is 71.5 cm³/mol. The van der Waals surface area contributed by atoms with Crippen molar-refractivity contribution < 1.29 is 0 Å². The minimum Gasteiger partial charge on any atom is -0.262 e. The summed E-state index contributed by atoms with van der Waals surface area (Å²) in [7, 11) is 0. The molecule has 0 aliphatic heterocycles. The average Bonchev–Trinajstić information content (AvgIpc) is 2.85. The third kappa shape index (κ3) is 1.76. The SMILES string of the molecule is Cc1cc(-c2nnc3cncc(Cl)n23)sc1Br. The van der Waals surface area contributed by atoms with Crippen LogP contribution in [0.5, 0.6) is 0 Å². The van der Waals surface area contributed by atoms with Crippen molar-refractivity contribution in [1.82, 2.24) is 19.6 Å². The second-order valence-corrected chi connectivity index (χ2v) is 6.27. The molecule has 17 heavy (non-hydrogen) atoms. The molecule has 0 radical (unpaired) electrons. The highest BCUT2D eigenvalue weighted by atomic mass is 79.9. The van der Waals surface area contributed by atoms with Crippen molar-refractivity contribution in [3.05, 3.63) is 33.0 Å². The van der Waals surface area contributed by atoms with E-state index in [9.17, 15) is 0 Å². The fraction of sp³-hybridized carbons (Fsp3) is 0.100. The van der Waals surface area contributed by atoms with E-state index in [4.69, 9.17) is 11.6 Å². The summed E-state index contributed by atoms with van der Waals surface area (Å²) in [6.45, 7) is 2.04. The second-order valence-electron chi connectivity index (χ2n) is 3.51. The van der Waals surface area contributed by atoms with E-state index >= 15 is 0 Å². The van der Waals surface area contributed by atoms with E-state index in [2.05, 4.69) is 37.2 Å². The zero-order valence-corrected chi connectivity index (χ0v) is 11.8. The van der Waals surface area contributed by atoms with Gasteiger partial charge in [0.25, 0.3) is 0 Å². The van der Waals surface area contributed by atoms with Crippen LogP contribution in [0.3, 0.4) is 0 Å². The Morgan fingerprint density at radius 1 is 1.35 bits per heavy atom. The third-order valence-corrected chi connectivity index (χ3v) is 4.75. The van der Waals surface area contributed by atoms with Gasteiger partial charge >= 0.3 is 0 Å². The quantitative estimate of drug-likeness (QED) is 0.685. The fourth-order valence-electron chi connectivity index (χ4n) is 1.54. The number of nitrogens with zero attached hydrogens (tertiary/aromatic N) is 4. The number of halogens is 2. The number of hydrogen-bond acceptors (Lipinski definition) is 4. The van der Waals surface area contributed by atoms with Gasteiger partial charge in [-0.1, -0.05) is 11.6 Å². The number of rotatable bonds is 1. The molecule has 7 heteroatoms. The first-order valence-electron chi connectivity index (χ1n) is 4.78. The molecule has 0 saturated heterocycles. The van der Waals surface area contributed by atoms with Crippen LogP contribution in [0.25, 0.3) is 16.3 Å². The van der Waals surface area contributed by atoms with Crippen LogP contribution in [0.1, 0.15) is 5.56 Å². The van der Waals surface area contributed by atoms with Crippen LogP contribution in [0, 0.1) is 6.92 Å². The molecule has 3 aromatic heterocycles. The van der Waals surface area contributed by atoms with Crippen LogP contribution in [-0.4, -0.2) is 19.6 Å². The van der Waals surface area contributed by atoms with Gasteiger partial charge in [0.1, 0.15) is 5.15 Å². The van der Waals surface area contributed by atoms with Gasteiger partial charge in [-0.25, -0.2) is 0 Å². The van der Waals surface area contributed by atoms with E-state index in [1.807, 2.05) is 6.92 Å². The Labute approximate surface area is 114 Å². The summed E-state index contributed by atoms with van der Waals surface area (Å²) in [6.07, 6.45) is 3.22. The molecule has 0 aromatic carbocycles. The van der Waals surface area contributed by atoms with E-state index in [1.54, 1.807) is 28.1 Å². The minimum atomic E-state index is 0.504. The first-order valence-corrected chi connectivity index (χ1v) is 6.76. The Kier molecular flexibility index (Phi) is 2.65. The minimum absolute atomic E-state index is 0.504. The van der Waals surface area contributed by atoms with Gasteiger partial charge in [0.05, 0.1) is 21.1 Å². The Morgan fingerprint density at radius 2 is 2.18 bits per heavy atom. The summed E-state index contributed by atoms with van der Waals surface area (Å²) in [6, 6.07) is 2.06. The molecule has 0 fully saturated rings. The van der Waals surface area contributed by atoms with Crippen LogP contribution in [-0.2, 0) is 0 Å². The van der Waals surface area contributed by atoms with Gasteiger partial charge in [-0.05, 0) is 34.5 Å². The number of aryl methyl sites for hydroxylation is 1. The molecule has 0 unspecified atom stereocenters. The van der Waals surface area contributed by atoms with Crippen molar-refractivity contribution in [2.45, 2.75) is 6.92 Å². The number of thiophene rings is 1. The molecular weight excluding hydrogens is 324 g/mol. The molecule has 0 aliphatic carbocycles. The largest absolute Gasteiger partial charge is 0.262 e. The Bertz CT molecular complexity index is 686. The van der Waals surface area contributed by atoms with Crippen molar-refractivity contribution in [3.63, 3.8) is 0 Å². The van der Waals surface area contributed by atoms with Crippen molar-refractivity contribution in [2.24, 2.45) is 0 Å². The van der Waals surface area contributed by atoms with Gasteiger partial charge in [-0.3, -0.25) is 9.38 Å². The molecule has 3 aromatic rings. The Morgan fingerprint density at radius 3 is 2.88 bits per heavy atom. The third-order valence-electron chi connectivity index (χ3n) is 2.35. The fourth-order valence-corrected chi connectivity index (χ4v) is 3.28. The maximum Gasteiger partial charge on any atom is 0.180 e. The van der Waals surface area contributed by atoms with Crippen molar-refractivity contribution >= 4 is 44.5 Å². The van der Waals surface area contributed by atoms with Crippen molar-refractivity contribution in [2.75, 3.05) is 0 Å². The molecule has 0 atom stereocenters. The maximum atomic E-state index is 6.11. The normalized spacial score (nSPS) is 11.2. The van der Waals surface area contributed by atoms with Crippen LogP contribution in [0.4, 0.5) is 0 Å². The molecule has 3 rings (SSSR count). The summed E-state index contributed by atoms with van der Waals surface area (Å²) in [5.74, 6) is 0.742. The lowest BCUT2D eigenvalue weighted by Crippen LogP contribution is -1.90. The van der Waals surface area contributed by atoms with Gasteiger partial charge in [0.2, 0.25) is 0 Å². The van der Waals surface area contributed by atoms with Crippen LogP contribution >= 0.6 is 38.9 Å². The van der Waals surface area contributed by atoms with Crippen LogP contribution in [0.15, 0.2) is 22.2 Å². The average molecular weight is 330 g/mol. The molecule has 0 aliphatic rings. The molecule has 86 valence electrons. The van der Waals surface area contributed by atoms with Gasteiger partial charge in [-0.15, -0.1) is 21.5 Å². The molecule has 0 saturated carbocycles.